The van der Waals surface area contributed by atoms with Crippen molar-refractivity contribution in [1.82, 2.24) is 14.9 Å². The van der Waals surface area contributed by atoms with Gasteiger partial charge in [-0.3, -0.25) is 0 Å². The van der Waals surface area contributed by atoms with Gasteiger partial charge in [0.15, 0.2) is 0 Å². The summed E-state index contributed by atoms with van der Waals surface area (Å²) >= 11 is 1.78. The first-order chi connectivity index (χ1) is 9.26. The molecule has 0 bridgehead atoms. The molecule has 0 spiro atoms. The van der Waals surface area contributed by atoms with Crippen molar-refractivity contribution in [1.29, 1.82) is 0 Å². The van der Waals surface area contributed by atoms with Crippen molar-refractivity contribution in [3.63, 3.8) is 0 Å². The van der Waals surface area contributed by atoms with Gasteiger partial charge in [0.25, 0.3) is 0 Å². The summed E-state index contributed by atoms with van der Waals surface area (Å²) in [5.41, 5.74) is 2.53. The molecule has 2 aromatic heterocycles. The lowest BCUT2D eigenvalue weighted by molar-refractivity contribution is 0.575. The van der Waals surface area contributed by atoms with E-state index in [1.165, 1.54) is 22.7 Å². The maximum Gasteiger partial charge on any atom is 0.0928 e. The highest BCUT2D eigenvalue weighted by Crippen LogP contribution is 2.18. The summed E-state index contributed by atoms with van der Waals surface area (Å²) in [4.78, 5) is 4.67. The normalized spacial score (nSPS) is 12.8. The minimum absolute atomic E-state index is 0.451. The van der Waals surface area contributed by atoms with Crippen molar-refractivity contribution >= 4 is 11.3 Å². The Morgan fingerprint density at radius 3 is 2.95 bits per heavy atom. The molecular formula is C15H23N3S. The first-order valence-corrected chi connectivity index (χ1v) is 7.91. The molecule has 0 saturated heterocycles. The third-order valence-corrected chi connectivity index (χ3v) is 4.30. The summed E-state index contributed by atoms with van der Waals surface area (Å²) in [6, 6.07) is 2.65. The zero-order valence-electron chi connectivity index (χ0n) is 12.0. The van der Waals surface area contributed by atoms with Crippen LogP contribution in [0, 0.1) is 0 Å². The summed E-state index contributed by atoms with van der Waals surface area (Å²) < 4.78 is 2.22. The van der Waals surface area contributed by atoms with Gasteiger partial charge in [0.1, 0.15) is 0 Å². The number of nitrogens with zero attached hydrogens (tertiary/aromatic N) is 2. The zero-order valence-corrected chi connectivity index (χ0v) is 12.8. The maximum absolute atomic E-state index is 4.67. The van der Waals surface area contributed by atoms with Crippen molar-refractivity contribution in [3.8, 4) is 0 Å². The summed E-state index contributed by atoms with van der Waals surface area (Å²) in [5.74, 6) is 0. The van der Waals surface area contributed by atoms with Gasteiger partial charge in [-0.2, -0.15) is 0 Å². The number of nitrogens with one attached hydrogen (secondary N) is 1. The Kier molecular flexibility index (Phi) is 5.16. The van der Waals surface area contributed by atoms with Crippen LogP contribution >= 0.6 is 11.3 Å². The maximum atomic E-state index is 4.67. The van der Waals surface area contributed by atoms with E-state index >= 15 is 0 Å². The minimum Gasteiger partial charge on any atom is -0.348 e. The van der Waals surface area contributed by atoms with Gasteiger partial charge in [0.2, 0.25) is 0 Å². The third-order valence-electron chi connectivity index (χ3n) is 3.34. The topological polar surface area (TPSA) is 29.9 Å². The fraction of sp³-hybridized carbons (Fsp3) is 0.533. The molecule has 2 heterocycles. The van der Waals surface area contributed by atoms with E-state index in [0.717, 1.165) is 19.4 Å². The third kappa shape index (κ3) is 3.67. The van der Waals surface area contributed by atoms with Gasteiger partial charge in [-0.15, -0.1) is 11.3 Å². The monoisotopic (exact) mass is 277 g/mol. The summed E-state index contributed by atoms with van der Waals surface area (Å²) in [6.45, 7) is 5.28. The van der Waals surface area contributed by atoms with E-state index in [1.807, 2.05) is 7.05 Å². The van der Waals surface area contributed by atoms with Crippen molar-refractivity contribution in [2.45, 2.75) is 45.7 Å². The fourth-order valence-electron chi connectivity index (χ4n) is 2.31. The number of hydrogen-bond donors (Lipinski definition) is 1. The molecule has 19 heavy (non-hydrogen) atoms. The largest absolute Gasteiger partial charge is 0.348 e. The number of thiazole rings is 1. The van der Waals surface area contributed by atoms with Crippen molar-refractivity contribution in [2.75, 3.05) is 7.05 Å². The lowest BCUT2D eigenvalue weighted by atomic mass is 10.1. The van der Waals surface area contributed by atoms with Gasteiger partial charge in [-0.05, 0) is 37.9 Å². The molecule has 0 radical (unpaired) electrons. The van der Waals surface area contributed by atoms with Gasteiger partial charge in [0, 0.05) is 23.8 Å². The number of hydrogen-bond acceptors (Lipinski definition) is 3. The molecule has 0 aliphatic heterocycles. The molecule has 2 aromatic rings. The molecule has 1 N–H and O–H groups in total. The lowest BCUT2D eigenvalue weighted by Crippen LogP contribution is -2.14. The van der Waals surface area contributed by atoms with E-state index < -0.39 is 0 Å². The van der Waals surface area contributed by atoms with Crippen LogP contribution in [0.15, 0.2) is 23.8 Å². The van der Waals surface area contributed by atoms with E-state index in [4.69, 9.17) is 0 Å². The van der Waals surface area contributed by atoms with E-state index in [-0.39, 0.29) is 0 Å². The fourth-order valence-corrected chi connectivity index (χ4v) is 3.20. The van der Waals surface area contributed by atoms with Crippen molar-refractivity contribution < 1.29 is 0 Å². The average Bonchev–Trinajstić information content (AvgIpc) is 3.02. The van der Waals surface area contributed by atoms with Crippen LogP contribution in [-0.4, -0.2) is 16.6 Å². The molecule has 0 amide bonds. The average molecular weight is 277 g/mol. The molecule has 0 aliphatic carbocycles. The minimum atomic E-state index is 0.451. The predicted molar refractivity (Wildman–Crippen MR) is 81.7 cm³/mol. The molecule has 3 nitrogen and oxygen atoms in total. The Bertz CT molecular complexity index is 497. The molecule has 1 unspecified atom stereocenters. The highest BCUT2D eigenvalue weighted by atomic mass is 32.1. The highest BCUT2D eigenvalue weighted by molar-refractivity contribution is 7.09. The van der Waals surface area contributed by atoms with Crippen LogP contribution in [-0.2, 0) is 13.0 Å². The van der Waals surface area contributed by atoms with Gasteiger partial charge < -0.3 is 9.88 Å². The highest BCUT2D eigenvalue weighted by Gasteiger charge is 2.08. The van der Waals surface area contributed by atoms with E-state index in [2.05, 4.69) is 52.6 Å². The van der Waals surface area contributed by atoms with Crippen LogP contribution in [0.1, 0.15) is 49.0 Å². The van der Waals surface area contributed by atoms with E-state index in [1.54, 1.807) is 11.3 Å². The van der Waals surface area contributed by atoms with Crippen LogP contribution in [0.5, 0.6) is 0 Å². The summed E-state index contributed by atoms with van der Waals surface area (Å²) in [7, 11) is 2.02. The second kappa shape index (κ2) is 6.87. The molecule has 0 fully saturated rings. The van der Waals surface area contributed by atoms with Crippen LogP contribution < -0.4 is 5.32 Å². The van der Waals surface area contributed by atoms with Crippen LogP contribution in [0.2, 0.25) is 0 Å². The quantitative estimate of drug-likeness (QED) is 0.838. The standard InChI is InChI=1S/C15H23N3S/c1-4-6-15-17-13(11-19-15)10-18-8-7-12(9-18)14(5-2)16-3/h7-9,11,14,16H,4-6,10H2,1-3H3. The first kappa shape index (κ1) is 14.3. The van der Waals surface area contributed by atoms with Crippen LogP contribution in [0.4, 0.5) is 0 Å². The Morgan fingerprint density at radius 1 is 1.42 bits per heavy atom. The molecular weight excluding hydrogens is 254 g/mol. The molecule has 2 rings (SSSR count). The zero-order chi connectivity index (χ0) is 13.7. The van der Waals surface area contributed by atoms with Gasteiger partial charge in [0.05, 0.1) is 17.2 Å². The Hall–Kier alpha value is -1.13. The molecule has 0 aromatic carbocycles. The van der Waals surface area contributed by atoms with Crippen molar-refractivity contribution in [3.05, 3.63) is 40.1 Å². The summed E-state index contributed by atoms with van der Waals surface area (Å²) in [5, 5.41) is 6.78. The van der Waals surface area contributed by atoms with Gasteiger partial charge in [-0.1, -0.05) is 13.8 Å². The molecule has 104 valence electrons. The number of aryl methyl sites for hydroxylation is 1. The summed E-state index contributed by atoms with van der Waals surface area (Å²) in [6.07, 6.45) is 7.75. The molecule has 0 aliphatic rings. The predicted octanol–water partition coefficient (Wildman–Crippen LogP) is 3.62. The van der Waals surface area contributed by atoms with Gasteiger partial charge >= 0.3 is 0 Å². The Morgan fingerprint density at radius 2 is 2.26 bits per heavy atom. The SMILES string of the molecule is CCCc1nc(Cn2ccc(C(CC)NC)c2)cs1. The Balaban J connectivity index is 2.02. The smallest absolute Gasteiger partial charge is 0.0928 e. The van der Waals surface area contributed by atoms with Crippen molar-refractivity contribution in [2.24, 2.45) is 0 Å². The lowest BCUT2D eigenvalue weighted by Gasteiger charge is -2.11. The number of rotatable bonds is 7. The Labute approximate surface area is 119 Å². The van der Waals surface area contributed by atoms with E-state index in [9.17, 15) is 0 Å². The van der Waals surface area contributed by atoms with Crippen LogP contribution in [0.3, 0.4) is 0 Å². The van der Waals surface area contributed by atoms with Gasteiger partial charge in [-0.25, -0.2) is 4.98 Å². The van der Waals surface area contributed by atoms with E-state index in [0.29, 0.717) is 6.04 Å². The number of aromatic nitrogens is 2. The molecule has 4 heteroatoms. The second-order valence-electron chi connectivity index (χ2n) is 4.85. The van der Waals surface area contributed by atoms with Crippen LogP contribution in [0.25, 0.3) is 0 Å². The first-order valence-electron chi connectivity index (χ1n) is 7.03. The second-order valence-corrected chi connectivity index (χ2v) is 5.79. The molecule has 0 saturated carbocycles. The molecule has 1 atom stereocenters.